The Labute approximate surface area is 109 Å². The Hall–Kier alpha value is -0.340. The molecule has 0 saturated heterocycles. The minimum Gasteiger partial charge on any atom is -0.309 e. The lowest BCUT2D eigenvalue weighted by atomic mass is 9.99. The molecule has 1 nitrogen and oxygen atoms in total. The van der Waals surface area contributed by atoms with E-state index in [0.29, 0.717) is 6.04 Å². The van der Waals surface area contributed by atoms with Crippen LogP contribution in [0, 0.1) is 5.92 Å². The fraction of sp³-hybridized carbons (Fsp3) is 0.733. The smallest absolute Gasteiger partial charge is 0.0386 e. The van der Waals surface area contributed by atoms with Gasteiger partial charge in [-0.3, -0.25) is 0 Å². The second-order valence-corrected chi connectivity index (χ2v) is 6.88. The van der Waals surface area contributed by atoms with E-state index in [4.69, 9.17) is 0 Å². The van der Waals surface area contributed by atoms with Crippen LogP contribution in [0.5, 0.6) is 0 Å². The molecule has 0 spiro atoms. The van der Waals surface area contributed by atoms with Crippen molar-refractivity contribution < 1.29 is 0 Å². The topological polar surface area (TPSA) is 12.0 Å². The Morgan fingerprint density at radius 2 is 2.18 bits per heavy atom. The van der Waals surface area contributed by atoms with Crippen LogP contribution in [-0.4, -0.2) is 6.54 Å². The molecule has 0 radical (unpaired) electrons. The molecule has 1 aromatic rings. The predicted molar refractivity (Wildman–Crippen MR) is 74.7 cm³/mol. The minimum absolute atomic E-state index is 0.560. The highest BCUT2D eigenvalue weighted by Gasteiger charge is 2.21. The van der Waals surface area contributed by atoms with Crippen LogP contribution in [0.1, 0.15) is 60.4 Å². The molecule has 2 heteroatoms. The van der Waals surface area contributed by atoms with Crippen molar-refractivity contribution in [3.05, 3.63) is 21.4 Å². The highest BCUT2D eigenvalue weighted by molar-refractivity contribution is 7.12. The summed E-state index contributed by atoms with van der Waals surface area (Å²) in [6.45, 7) is 3.53. The lowest BCUT2D eigenvalue weighted by molar-refractivity contribution is 0.545. The third-order valence-electron chi connectivity index (χ3n) is 4.14. The van der Waals surface area contributed by atoms with Gasteiger partial charge in [0, 0.05) is 15.8 Å². The molecule has 1 heterocycles. The van der Waals surface area contributed by atoms with Crippen molar-refractivity contribution >= 4 is 11.3 Å². The van der Waals surface area contributed by atoms with Gasteiger partial charge in [-0.2, -0.15) is 0 Å². The predicted octanol–water partition coefficient (Wildman–Crippen LogP) is 4.08. The van der Waals surface area contributed by atoms with Gasteiger partial charge in [-0.15, -0.1) is 11.3 Å². The zero-order valence-corrected chi connectivity index (χ0v) is 11.6. The summed E-state index contributed by atoms with van der Waals surface area (Å²) in [7, 11) is 0. The van der Waals surface area contributed by atoms with E-state index in [0.717, 1.165) is 5.92 Å². The Balaban J connectivity index is 1.56. The van der Waals surface area contributed by atoms with E-state index in [2.05, 4.69) is 29.6 Å². The molecule has 2 aliphatic carbocycles. The first kappa shape index (κ1) is 11.7. The van der Waals surface area contributed by atoms with Gasteiger partial charge in [-0.05, 0) is 63.1 Å². The fourth-order valence-corrected chi connectivity index (χ4v) is 4.02. The van der Waals surface area contributed by atoms with Crippen molar-refractivity contribution in [3.8, 4) is 0 Å². The number of aryl methyl sites for hydroxylation is 2. The van der Waals surface area contributed by atoms with Crippen LogP contribution < -0.4 is 5.32 Å². The average molecular weight is 249 g/mol. The van der Waals surface area contributed by atoms with E-state index in [1.807, 2.05) is 0 Å². The summed E-state index contributed by atoms with van der Waals surface area (Å²) in [4.78, 5) is 3.23. The SMILES string of the molecule is CC(NCCC1CC1)c1cc2c(s1)CCCC2. The van der Waals surface area contributed by atoms with Crippen molar-refractivity contribution in [2.24, 2.45) is 5.92 Å². The van der Waals surface area contributed by atoms with Gasteiger partial charge in [0.2, 0.25) is 0 Å². The monoisotopic (exact) mass is 249 g/mol. The van der Waals surface area contributed by atoms with Gasteiger partial charge in [-0.25, -0.2) is 0 Å². The molecule has 0 aliphatic heterocycles. The molecule has 94 valence electrons. The molecule has 1 unspecified atom stereocenters. The fourth-order valence-electron chi connectivity index (χ4n) is 2.74. The van der Waals surface area contributed by atoms with Crippen molar-refractivity contribution in [1.82, 2.24) is 5.32 Å². The van der Waals surface area contributed by atoms with E-state index in [9.17, 15) is 0 Å². The molecule has 0 bridgehead atoms. The number of nitrogens with one attached hydrogen (secondary N) is 1. The lowest BCUT2D eigenvalue weighted by Crippen LogP contribution is -2.19. The number of hydrogen-bond acceptors (Lipinski definition) is 2. The molecule has 1 fully saturated rings. The Morgan fingerprint density at radius 1 is 1.35 bits per heavy atom. The van der Waals surface area contributed by atoms with E-state index >= 15 is 0 Å². The zero-order valence-electron chi connectivity index (χ0n) is 10.8. The van der Waals surface area contributed by atoms with Gasteiger partial charge in [-0.1, -0.05) is 12.8 Å². The molecule has 17 heavy (non-hydrogen) atoms. The molecule has 0 aromatic carbocycles. The first-order valence-corrected chi connectivity index (χ1v) is 7.99. The van der Waals surface area contributed by atoms with Crippen LogP contribution in [0.3, 0.4) is 0 Å². The summed E-state index contributed by atoms with van der Waals surface area (Å²) >= 11 is 2.06. The van der Waals surface area contributed by atoms with Gasteiger partial charge in [0.25, 0.3) is 0 Å². The van der Waals surface area contributed by atoms with Crippen LogP contribution in [0.25, 0.3) is 0 Å². The normalized spacial score (nSPS) is 21.2. The van der Waals surface area contributed by atoms with E-state index < -0.39 is 0 Å². The van der Waals surface area contributed by atoms with E-state index in [-0.39, 0.29) is 0 Å². The third kappa shape index (κ3) is 2.92. The summed E-state index contributed by atoms with van der Waals surface area (Å²) in [5.41, 5.74) is 1.65. The van der Waals surface area contributed by atoms with Crippen LogP contribution in [0.2, 0.25) is 0 Å². The molecule has 3 rings (SSSR count). The molecule has 1 aromatic heterocycles. The summed E-state index contributed by atoms with van der Waals surface area (Å²) in [5, 5.41) is 3.69. The maximum atomic E-state index is 3.69. The van der Waals surface area contributed by atoms with E-state index in [1.54, 1.807) is 15.3 Å². The Kier molecular flexibility index (Phi) is 3.53. The van der Waals surface area contributed by atoms with Crippen LogP contribution in [0.4, 0.5) is 0 Å². The number of hydrogen-bond donors (Lipinski definition) is 1. The van der Waals surface area contributed by atoms with Gasteiger partial charge in [0.05, 0.1) is 0 Å². The minimum atomic E-state index is 0.560. The average Bonchev–Trinajstić information content (AvgIpc) is 3.06. The maximum absolute atomic E-state index is 3.69. The quantitative estimate of drug-likeness (QED) is 0.829. The van der Waals surface area contributed by atoms with Crippen molar-refractivity contribution in [2.75, 3.05) is 6.54 Å². The molecule has 2 aliphatic rings. The molecular formula is C15H23NS. The Morgan fingerprint density at radius 3 is 2.94 bits per heavy atom. The standard InChI is InChI=1S/C15H23NS/c1-11(16-9-8-12-6-7-12)15-10-13-4-2-3-5-14(13)17-15/h10-12,16H,2-9H2,1H3. The second kappa shape index (κ2) is 5.11. The zero-order chi connectivity index (χ0) is 11.7. The highest BCUT2D eigenvalue weighted by Crippen LogP contribution is 2.34. The molecule has 0 amide bonds. The van der Waals surface area contributed by atoms with Gasteiger partial charge >= 0.3 is 0 Å². The molecule has 1 atom stereocenters. The second-order valence-electron chi connectivity index (χ2n) is 5.71. The van der Waals surface area contributed by atoms with E-state index in [1.165, 1.54) is 51.5 Å². The maximum Gasteiger partial charge on any atom is 0.0386 e. The molecular weight excluding hydrogens is 226 g/mol. The lowest BCUT2D eigenvalue weighted by Gasteiger charge is -2.11. The van der Waals surface area contributed by atoms with Gasteiger partial charge in [0.1, 0.15) is 0 Å². The number of fused-ring (bicyclic) bond motifs is 1. The Bertz CT molecular complexity index is 355. The van der Waals surface area contributed by atoms with Crippen molar-refractivity contribution in [2.45, 2.75) is 57.9 Å². The summed E-state index contributed by atoms with van der Waals surface area (Å²) in [6, 6.07) is 3.03. The van der Waals surface area contributed by atoms with Gasteiger partial charge in [0.15, 0.2) is 0 Å². The number of rotatable bonds is 5. The van der Waals surface area contributed by atoms with Crippen LogP contribution in [-0.2, 0) is 12.8 Å². The van der Waals surface area contributed by atoms with Crippen LogP contribution in [0.15, 0.2) is 6.07 Å². The summed E-state index contributed by atoms with van der Waals surface area (Å²) < 4.78 is 0. The summed E-state index contributed by atoms with van der Waals surface area (Å²) in [5.74, 6) is 1.05. The largest absolute Gasteiger partial charge is 0.309 e. The third-order valence-corrected chi connectivity index (χ3v) is 5.56. The van der Waals surface area contributed by atoms with Crippen molar-refractivity contribution in [3.63, 3.8) is 0 Å². The summed E-state index contributed by atoms with van der Waals surface area (Å²) in [6.07, 6.45) is 9.78. The molecule has 1 saturated carbocycles. The highest BCUT2D eigenvalue weighted by atomic mass is 32.1. The number of thiophene rings is 1. The first-order valence-electron chi connectivity index (χ1n) is 7.18. The van der Waals surface area contributed by atoms with Gasteiger partial charge < -0.3 is 5.32 Å². The molecule has 1 N–H and O–H groups in total. The first-order chi connectivity index (χ1) is 8.33. The van der Waals surface area contributed by atoms with Crippen molar-refractivity contribution in [1.29, 1.82) is 0 Å². The van der Waals surface area contributed by atoms with Crippen LogP contribution >= 0.6 is 11.3 Å².